The van der Waals surface area contributed by atoms with Gasteiger partial charge in [-0.15, -0.1) is 0 Å². The number of aromatic nitrogens is 1. The lowest BCUT2D eigenvalue weighted by Gasteiger charge is -2.36. The van der Waals surface area contributed by atoms with Gasteiger partial charge in [0.15, 0.2) is 0 Å². The summed E-state index contributed by atoms with van der Waals surface area (Å²) in [7, 11) is 1.65. The molecule has 0 radical (unpaired) electrons. The third-order valence-corrected chi connectivity index (χ3v) is 7.01. The van der Waals surface area contributed by atoms with Gasteiger partial charge in [0.1, 0.15) is 17.4 Å². The van der Waals surface area contributed by atoms with Gasteiger partial charge in [0.05, 0.1) is 29.7 Å². The molecule has 0 unspecified atom stereocenters. The average molecular weight is 522 g/mol. The van der Waals surface area contributed by atoms with E-state index >= 15 is 0 Å². The second-order valence-electron chi connectivity index (χ2n) is 8.92. The Morgan fingerprint density at radius 3 is 2.27 bits per heavy atom. The van der Waals surface area contributed by atoms with Crippen LogP contribution in [0.2, 0.25) is 5.02 Å². The van der Waals surface area contributed by atoms with Crippen molar-refractivity contribution in [2.24, 2.45) is 0 Å². The van der Waals surface area contributed by atoms with E-state index in [-0.39, 0.29) is 11.6 Å². The number of para-hydroxylation sites is 2. The lowest BCUT2D eigenvalue weighted by Crippen LogP contribution is -2.49. The number of carbonyl (C=O) groups excluding carboxylic acids is 1. The van der Waals surface area contributed by atoms with Crippen molar-refractivity contribution in [3.05, 3.63) is 101 Å². The maximum Gasteiger partial charge on any atom is 0.255 e. The number of piperazine rings is 1. The van der Waals surface area contributed by atoms with E-state index in [9.17, 15) is 13.6 Å². The fourth-order valence-corrected chi connectivity index (χ4v) is 4.97. The molecular weight excluding hydrogens is 496 g/mol. The van der Waals surface area contributed by atoms with E-state index in [1.165, 1.54) is 12.1 Å². The normalized spacial score (nSPS) is 13.6. The Morgan fingerprint density at radius 1 is 0.892 bits per heavy atom. The number of hydrogen-bond donors (Lipinski definition) is 0. The van der Waals surface area contributed by atoms with Crippen LogP contribution < -0.4 is 9.64 Å². The van der Waals surface area contributed by atoms with Crippen molar-refractivity contribution >= 4 is 23.2 Å². The van der Waals surface area contributed by atoms with Crippen LogP contribution in [0, 0.1) is 18.6 Å². The quantitative estimate of drug-likeness (QED) is 0.307. The molecule has 0 saturated carbocycles. The molecule has 0 bridgehead atoms. The molecule has 0 spiro atoms. The highest BCUT2D eigenvalue weighted by Gasteiger charge is 2.28. The van der Waals surface area contributed by atoms with Crippen molar-refractivity contribution in [2.75, 3.05) is 38.2 Å². The molecule has 1 aromatic heterocycles. The Labute approximate surface area is 219 Å². The lowest BCUT2D eigenvalue weighted by atomic mass is 10.1. The van der Waals surface area contributed by atoms with Crippen molar-refractivity contribution in [1.29, 1.82) is 0 Å². The van der Waals surface area contributed by atoms with Crippen LogP contribution in [0.15, 0.2) is 72.8 Å². The largest absolute Gasteiger partial charge is 0.495 e. The summed E-state index contributed by atoms with van der Waals surface area (Å²) in [6.45, 7) is 4.15. The van der Waals surface area contributed by atoms with Crippen LogP contribution in [0.1, 0.15) is 16.1 Å². The molecule has 2 heterocycles. The molecule has 1 amide bonds. The minimum absolute atomic E-state index is 0.131. The standard InChI is InChI=1S/C29H26ClF2N3O2/c1-19-23(29(36)34-15-13-33(14-16-34)26-5-3-4-6-28(26)37-2)18-27(20-7-9-21(30)10-8-20)35(19)25-12-11-22(31)17-24(25)32/h3-12,17-18H,13-16H2,1-2H3. The van der Waals surface area contributed by atoms with E-state index in [1.807, 2.05) is 41.3 Å². The fourth-order valence-electron chi connectivity index (χ4n) is 4.84. The second-order valence-corrected chi connectivity index (χ2v) is 9.35. The topological polar surface area (TPSA) is 37.7 Å². The van der Waals surface area contributed by atoms with Gasteiger partial charge in [-0.25, -0.2) is 8.78 Å². The Morgan fingerprint density at radius 2 is 1.59 bits per heavy atom. The van der Waals surface area contributed by atoms with E-state index in [1.54, 1.807) is 36.8 Å². The van der Waals surface area contributed by atoms with Gasteiger partial charge in [0.2, 0.25) is 0 Å². The number of ether oxygens (including phenoxy) is 1. The zero-order valence-electron chi connectivity index (χ0n) is 20.5. The Hall–Kier alpha value is -3.84. The summed E-state index contributed by atoms with van der Waals surface area (Å²) >= 11 is 6.08. The summed E-state index contributed by atoms with van der Waals surface area (Å²) in [6.07, 6.45) is 0. The van der Waals surface area contributed by atoms with Gasteiger partial charge in [-0.2, -0.15) is 0 Å². The number of carbonyl (C=O) groups is 1. The maximum absolute atomic E-state index is 14.9. The maximum atomic E-state index is 14.9. The molecule has 4 aromatic rings. The highest BCUT2D eigenvalue weighted by atomic mass is 35.5. The number of methoxy groups -OCH3 is 1. The van der Waals surface area contributed by atoms with Crippen molar-refractivity contribution in [3.63, 3.8) is 0 Å². The molecule has 1 aliphatic heterocycles. The summed E-state index contributed by atoms with van der Waals surface area (Å²) < 4.78 is 35.7. The number of anilines is 1. The van der Waals surface area contributed by atoms with Gasteiger partial charge in [-0.3, -0.25) is 4.79 Å². The number of hydrogen-bond acceptors (Lipinski definition) is 3. The second kappa shape index (κ2) is 10.3. The molecule has 0 atom stereocenters. The number of benzene rings is 3. The molecule has 1 fully saturated rings. The average Bonchev–Trinajstić information content (AvgIpc) is 3.25. The smallest absolute Gasteiger partial charge is 0.255 e. The van der Waals surface area contributed by atoms with Crippen molar-refractivity contribution in [2.45, 2.75) is 6.92 Å². The molecule has 8 heteroatoms. The van der Waals surface area contributed by atoms with Crippen LogP contribution >= 0.6 is 11.6 Å². The molecule has 190 valence electrons. The molecule has 5 nitrogen and oxygen atoms in total. The number of halogens is 3. The van der Waals surface area contributed by atoms with Crippen molar-refractivity contribution < 1.29 is 18.3 Å². The predicted octanol–water partition coefficient (Wildman–Crippen LogP) is 6.36. The molecule has 5 rings (SSSR count). The van der Waals surface area contributed by atoms with E-state index in [2.05, 4.69) is 4.90 Å². The number of amides is 1. The van der Waals surface area contributed by atoms with Gasteiger partial charge in [0.25, 0.3) is 5.91 Å². The Kier molecular flexibility index (Phi) is 6.89. The minimum Gasteiger partial charge on any atom is -0.495 e. The third kappa shape index (κ3) is 4.79. The van der Waals surface area contributed by atoms with E-state index in [0.717, 1.165) is 23.1 Å². The van der Waals surface area contributed by atoms with Gasteiger partial charge in [-0.05, 0) is 55.0 Å². The van der Waals surface area contributed by atoms with Gasteiger partial charge >= 0.3 is 0 Å². The van der Waals surface area contributed by atoms with Gasteiger partial charge in [-0.1, -0.05) is 35.9 Å². The summed E-state index contributed by atoms with van der Waals surface area (Å²) in [4.78, 5) is 17.7. The van der Waals surface area contributed by atoms with Crippen molar-refractivity contribution in [1.82, 2.24) is 9.47 Å². The molecule has 1 aliphatic rings. The first-order valence-electron chi connectivity index (χ1n) is 12.0. The molecule has 3 aromatic carbocycles. The number of nitrogens with zero attached hydrogens (tertiary/aromatic N) is 3. The summed E-state index contributed by atoms with van der Waals surface area (Å²) in [5, 5.41) is 0.566. The number of rotatable bonds is 5. The Bertz CT molecular complexity index is 1440. The fraction of sp³-hybridized carbons (Fsp3) is 0.207. The minimum atomic E-state index is -0.710. The molecule has 37 heavy (non-hydrogen) atoms. The third-order valence-electron chi connectivity index (χ3n) is 6.76. The van der Waals surface area contributed by atoms with Crippen LogP contribution in [0.4, 0.5) is 14.5 Å². The first-order chi connectivity index (χ1) is 17.9. The summed E-state index contributed by atoms with van der Waals surface area (Å²) in [6, 6.07) is 20.2. The van der Waals surface area contributed by atoms with E-state index in [0.29, 0.717) is 48.2 Å². The van der Waals surface area contributed by atoms with E-state index in [4.69, 9.17) is 16.3 Å². The molecule has 0 aliphatic carbocycles. The lowest BCUT2D eigenvalue weighted by molar-refractivity contribution is 0.0746. The molecular formula is C29H26ClF2N3O2. The predicted molar refractivity (Wildman–Crippen MR) is 142 cm³/mol. The SMILES string of the molecule is COc1ccccc1N1CCN(C(=O)c2cc(-c3ccc(Cl)cc3)n(-c3ccc(F)cc3F)c2C)CC1. The zero-order valence-corrected chi connectivity index (χ0v) is 21.3. The monoisotopic (exact) mass is 521 g/mol. The molecule has 0 N–H and O–H groups in total. The van der Waals surface area contributed by atoms with Crippen LogP contribution in [-0.2, 0) is 0 Å². The summed E-state index contributed by atoms with van der Waals surface area (Å²) in [5.41, 5.74) is 3.60. The van der Waals surface area contributed by atoms with E-state index < -0.39 is 11.6 Å². The highest BCUT2D eigenvalue weighted by molar-refractivity contribution is 6.30. The van der Waals surface area contributed by atoms with Gasteiger partial charge < -0.3 is 19.1 Å². The summed E-state index contributed by atoms with van der Waals surface area (Å²) in [5.74, 6) is -0.709. The first-order valence-corrected chi connectivity index (χ1v) is 12.4. The highest BCUT2D eigenvalue weighted by Crippen LogP contribution is 2.33. The first kappa shape index (κ1) is 24.8. The van der Waals surface area contributed by atoms with Crippen LogP contribution in [0.5, 0.6) is 5.75 Å². The van der Waals surface area contributed by atoms with Crippen LogP contribution in [0.3, 0.4) is 0 Å². The zero-order chi connectivity index (χ0) is 26.1. The van der Waals surface area contributed by atoms with Crippen LogP contribution in [-0.4, -0.2) is 48.7 Å². The Balaban J connectivity index is 1.48. The van der Waals surface area contributed by atoms with Crippen molar-refractivity contribution in [3.8, 4) is 22.7 Å². The van der Waals surface area contributed by atoms with Gasteiger partial charge in [0, 0.05) is 43.0 Å². The van der Waals surface area contributed by atoms with Crippen LogP contribution in [0.25, 0.3) is 16.9 Å². The molecule has 1 saturated heterocycles.